The first kappa shape index (κ1) is 22.6. The van der Waals surface area contributed by atoms with Crippen molar-refractivity contribution in [2.75, 3.05) is 11.8 Å². The number of benzene rings is 2. The maximum absolute atomic E-state index is 13.0. The van der Waals surface area contributed by atoms with Gasteiger partial charge in [0.2, 0.25) is 0 Å². The summed E-state index contributed by atoms with van der Waals surface area (Å²) in [5, 5.41) is 4.59. The molecule has 0 fully saturated rings. The quantitative estimate of drug-likeness (QED) is 0.359. The molecule has 3 aromatic heterocycles. The minimum Gasteiger partial charge on any atom is -0.495 e. The molecule has 5 aromatic rings. The van der Waals surface area contributed by atoms with Crippen LogP contribution in [0, 0.1) is 0 Å². The number of anilines is 1. The minimum absolute atomic E-state index is 0.00363. The number of hydrogen-bond acceptors (Lipinski definition) is 7. The molecule has 0 aliphatic carbocycles. The number of methoxy groups -OCH3 is 1. The highest BCUT2D eigenvalue weighted by Crippen LogP contribution is 2.31. The summed E-state index contributed by atoms with van der Waals surface area (Å²) in [6.45, 7) is 0. The molecule has 3 heterocycles. The van der Waals surface area contributed by atoms with Gasteiger partial charge in [0.25, 0.3) is 15.6 Å². The van der Waals surface area contributed by atoms with Gasteiger partial charge in [-0.2, -0.15) is 0 Å². The lowest BCUT2D eigenvalue weighted by Crippen LogP contribution is -2.19. The van der Waals surface area contributed by atoms with Crippen molar-refractivity contribution in [2.24, 2.45) is 0 Å². The topological polar surface area (TPSA) is 116 Å². The largest absolute Gasteiger partial charge is 0.495 e. The number of halogens is 1. The highest BCUT2D eigenvalue weighted by Gasteiger charge is 2.18. The van der Waals surface area contributed by atoms with Crippen molar-refractivity contribution in [1.29, 1.82) is 0 Å². The van der Waals surface area contributed by atoms with Gasteiger partial charge in [-0.15, -0.1) is 0 Å². The lowest BCUT2D eigenvalue weighted by atomic mass is 10.1. The molecule has 0 spiro atoms. The average molecular weight is 509 g/mol. The zero-order valence-corrected chi connectivity index (χ0v) is 19.7. The highest BCUT2D eigenvalue weighted by atomic mass is 35.5. The van der Waals surface area contributed by atoms with Crippen molar-refractivity contribution in [3.8, 4) is 22.6 Å². The van der Waals surface area contributed by atoms with E-state index in [1.54, 1.807) is 36.5 Å². The molecule has 0 saturated heterocycles. The summed E-state index contributed by atoms with van der Waals surface area (Å²) < 4.78 is 39.6. The van der Waals surface area contributed by atoms with Gasteiger partial charge in [-0.05, 0) is 48.0 Å². The Kier molecular flexibility index (Phi) is 5.75. The third kappa shape index (κ3) is 4.36. The van der Waals surface area contributed by atoms with Gasteiger partial charge in [0, 0.05) is 35.5 Å². The van der Waals surface area contributed by atoms with E-state index in [1.165, 1.54) is 48.4 Å². The standard InChI is InChI=1S/C24H17ClN4O5S/c1-33-22-6-2-15(17-10-18(25)14-26-13-17)12-21(22)29-20-5-4-19(11-16(20)3-7-24(29)30)35(31,32)28-23-8-9-34-27-23/h2-14H,1H3,(H,27,28). The number of nitrogens with one attached hydrogen (secondary N) is 1. The van der Waals surface area contributed by atoms with Gasteiger partial charge in [-0.3, -0.25) is 19.1 Å². The third-order valence-corrected chi connectivity index (χ3v) is 6.87. The van der Waals surface area contributed by atoms with E-state index in [9.17, 15) is 13.2 Å². The van der Waals surface area contributed by atoms with Gasteiger partial charge in [0.15, 0.2) is 5.82 Å². The first-order chi connectivity index (χ1) is 16.9. The number of fused-ring (bicyclic) bond motifs is 1. The van der Waals surface area contributed by atoms with Gasteiger partial charge in [0.05, 0.1) is 28.2 Å². The molecule has 11 heteroatoms. The van der Waals surface area contributed by atoms with Gasteiger partial charge in [-0.25, -0.2) is 8.42 Å². The van der Waals surface area contributed by atoms with Crippen molar-refractivity contribution < 1.29 is 17.7 Å². The second-order valence-corrected chi connectivity index (χ2v) is 9.62. The number of nitrogens with zero attached hydrogens (tertiary/aromatic N) is 3. The Balaban J connectivity index is 1.66. The fourth-order valence-electron chi connectivity index (χ4n) is 3.72. The summed E-state index contributed by atoms with van der Waals surface area (Å²) >= 11 is 6.10. The predicted molar refractivity (Wildman–Crippen MR) is 132 cm³/mol. The van der Waals surface area contributed by atoms with Gasteiger partial charge < -0.3 is 9.26 Å². The number of hydrogen-bond donors (Lipinski definition) is 1. The number of rotatable bonds is 6. The molecular weight excluding hydrogens is 492 g/mol. The average Bonchev–Trinajstić information content (AvgIpc) is 3.35. The molecule has 5 rings (SSSR count). The van der Waals surface area contributed by atoms with Crippen LogP contribution in [0.15, 0.2) is 93.5 Å². The Morgan fingerprint density at radius 1 is 1.00 bits per heavy atom. The monoisotopic (exact) mass is 508 g/mol. The lowest BCUT2D eigenvalue weighted by Gasteiger charge is -2.16. The minimum atomic E-state index is -3.93. The van der Waals surface area contributed by atoms with Gasteiger partial charge >= 0.3 is 0 Å². The van der Waals surface area contributed by atoms with Gasteiger partial charge in [0.1, 0.15) is 12.0 Å². The zero-order valence-electron chi connectivity index (χ0n) is 18.2. The zero-order chi connectivity index (χ0) is 24.6. The van der Waals surface area contributed by atoms with Crippen LogP contribution in [0.5, 0.6) is 5.75 Å². The van der Waals surface area contributed by atoms with Gasteiger partial charge in [-0.1, -0.05) is 22.8 Å². The lowest BCUT2D eigenvalue weighted by molar-refractivity contribution is 0.413. The molecule has 0 saturated carbocycles. The number of aromatic nitrogens is 3. The fourth-order valence-corrected chi connectivity index (χ4v) is 4.92. The second-order valence-electron chi connectivity index (χ2n) is 7.50. The summed E-state index contributed by atoms with van der Waals surface area (Å²) in [5.74, 6) is 0.523. The van der Waals surface area contributed by atoms with Crippen LogP contribution in [0.2, 0.25) is 5.02 Å². The van der Waals surface area contributed by atoms with Crippen LogP contribution in [0.4, 0.5) is 5.82 Å². The summed E-state index contributed by atoms with van der Waals surface area (Å²) in [6.07, 6.45) is 4.47. The maximum Gasteiger partial charge on any atom is 0.263 e. The van der Waals surface area contributed by atoms with Crippen molar-refractivity contribution in [2.45, 2.75) is 4.90 Å². The summed E-state index contributed by atoms with van der Waals surface area (Å²) in [4.78, 5) is 17.2. The first-order valence-electron chi connectivity index (χ1n) is 10.2. The SMILES string of the molecule is COc1ccc(-c2cncc(Cl)c2)cc1-n1c(=O)ccc2cc(S(=O)(=O)Nc3ccon3)ccc21. The first-order valence-corrected chi connectivity index (χ1v) is 12.1. The molecule has 2 aromatic carbocycles. The molecule has 0 radical (unpaired) electrons. The van der Waals surface area contributed by atoms with Crippen LogP contribution in [0.1, 0.15) is 0 Å². The Bertz CT molecular complexity index is 1720. The van der Waals surface area contributed by atoms with E-state index in [1.807, 2.05) is 6.07 Å². The summed E-state index contributed by atoms with van der Waals surface area (Å²) in [7, 11) is -2.42. The summed E-state index contributed by atoms with van der Waals surface area (Å²) in [5.41, 5.74) is 2.21. The van der Waals surface area contributed by atoms with E-state index >= 15 is 0 Å². The molecule has 0 aliphatic heterocycles. The number of ether oxygens (including phenoxy) is 1. The molecule has 9 nitrogen and oxygen atoms in total. The van der Waals surface area contributed by atoms with E-state index in [0.717, 1.165) is 11.1 Å². The van der Waals surface area contributed by atoms with E-state index in [0.29, 0.717) is 27.4 Å². The van der Waals surface area contributed by atoms with Crippen LogP contribution in [0.25, 0.3) is 27.7 Å². The Hall–Kier alpha value is -4.15. The van der Waals surface area contributed by atoms with E-state index < -0.39 is 10.0 Å². The van der Waals surface area contributed by atoms with Crippen LogP contribution < -0.4 is 15.0 Å². The highest BCUT2D eigenvalue weighted by molar-refractivity contribution is 7.92. The third-order valence-electron chi connectivity index (χ3n) is 5.31. The molecule has 0 bridgehead atoms. The van der Waals surface area contributed by atoms with E-state index in [4.69, 9.17) is 16.3 Å². The Morgan fingerprint density at radius 2 is 1.86 bits per heavy atom. The van der Waals surface area contributed by atoms with Crippen LogP contribution in [-0.2, 0) is 10.0 Å². The molecule has 35 heavy (non-hydrogen) atoms. The van der Waals surface area contributed by atoms with Crippen molar-refractivity contribution >= 4 is 38.3 Å². The normalized spacial score (nSPS) is 11.5. The van der Waals surface area contributed by atoms with Crippen LogP contribution in [-0.4, -0.2) is 30.2 Å². The van der Waals surface area contributed by atoms with Crippen molar-refractivity contribution in [1.82, 2.24) is 14.7 Å². The molecule has 0 amide bonds. The molecule has 0 aliphatic rings. The fraction of sp³-hybridized carbons (Fsp3) is 0.0417. The predicted octanol–water partition coefficient (Wildman–Crippen LogP) is 4.50. The maximum atomic E-state index is 13.0. The van der Waals surface area contributed by atoms with Crippen molar-refractivity contribution in [3.05, 3.63) is 94.7 Å². The molecule has 176 valence electrons. The number of sulfonamides is 1. The van der Waals surface area contributed by atoms with E-state index in [-0.39, 0.29) is 16.3 Å². The van der Waals surface area contributed by atoms with Crippen molar-refractivity contribution in [3.63, 3.8) is 0 Å². The molecular formula is C24H17ClN4O5S. The Labute approximate surface area is 204 Å². The molecule has 1 N–H and O–H groups in total. The Morgan fingerprint density at radius 3 is 2.60 bits per heavy atom. The second kappa shape index (κ2) is 8.90. The van der Waals surface area contributed by atoms with Crippen LogP contribution in [0.3, 0.4) is 0 Å². The van der Waals surface area contributed by atoms with E-state index in [2.05, 4.69) is 19.4 Å². The molecule has 0 unspecified atom stereocenters. The number of pyridine rings is 2. The smallest absolute Gasteiger partial charge is 0.263 e. The summed E-state index contributed by atoms with van der Waals surface area (Å²) in [6, 6.07) is 15.9. The molecule has 0 atom stereocenters. The van der Waals surface area contributed by atoms with Crippen LogP contribution >= 0.6 is 11.6 Å².